The third-order valence-corrected chi connectivity index (χ3v) is 5.44. The number of rotatable bonds is 2. The molecule has 0 heterocycles. The van der Waals surface area contributed by atoms with Gasteiger partial charge in [-0.1, -0.05) is 28.1 Å². The van der Waals surface area contributed by atoms with Gasteiger partial charge in [0.1, 0.15) is 5.82 Å². The fraction of sp³-hybridized carbons (Fsp3) is 0.333. The van der Waals surface area contributed by atoms with Gasteiger partial charge < -0.3 is 0 Å². The van der Waals surface area contributed by atoms with Gasteiger partial charge >= 0.3 is 0 Å². The molecule has 2 aromatic rings. The largest absolute Gasteiger partial charge is 0.207 e. The van der Waals surface area contributed by atoms with E-state index in [4.69, 9.17) is 0 Å². The molecule has 0 saturated carbocycles. The molecule has 0 bridgehead atoms. The summed E-state index contributed by atoms with van der Waals surface area (Å²) in [5, 5.41) is 0. The number of hydrogen-bond acceptors (Lipinski definition) is 0. The van der Waals surface area contributed by atoms with Crippen molar-refractivity contribution in [3.05, 3.63) is 69.0 Å². The Kier molecular flexibility index (Phi) is 4.33. The summed E-state index contributed by atoms with van der Waals surface area (Å²) in [6.07, 6.45) is 0. The lowest BCUT2D eigenvalue weighted by Crippen LogP contribution is -2.06. The van der Waals surface area contributed by atoms with Crippen LogP contribution in [0.4, 0.5) is 4.39 Å². The first-order valence-electron chi connectivity index (χ1n) is 6.81. The molecule has 0 aliphatic rings. The zero-order valence-corrected chi connectivity index (χ0v) is 14.2. The van der Waals surface area contributed by atoms with Gasteiger partial charge in [-0.25, -0.2) is 4.39 Å². The van der Waals surface area contributed by atoms with E-state index < -0.39 is 0 Å². The predicted molar refractivity (Wildman–Crippen MR) is 87.3 cm³/mol. The van der Waals surface area contributed by atoms with Gasteiger partial charge in [0.25, 0.3) is 0 Å². The van der Waals surface area contributed by atoms with Gasteiger partial charge in [-0.2, -0.15) is 0 Å². The van der Waals surface area contributed by atoms with Crippen LogP contribution < -0.4 is 0 Å². The van der Waals surface area contributed by atoms with E-state index in [9.17, 15) is 4.39 Å². The highest BCUT2D eigenvalue weighted by Gasteiger charge is 2.20. The van der Waals surface area contributed by atoms with Crippen LogP contribution in [0.2, 0.25) is 0 Å². The van der Waals surface area contributed by atoms with Crippen LogP contribution in [0.3, 0.4) is 0 Å². The quantitative estimate of drug-likeness (QED) is 0.604. The van der Waals surface area contributed by atoms with E-state index in [1.807, 2.05) is 6.07 Å². The summed E-state index contributed by atoms with van der Waals surface area (Å²) >= 11 is 3.76. The first kappa shape index (κ1) is 15.2. The lowest BCUT2D eigenvalue weighted by Gasteiger charge is -2.22. The summed E-state index contributed by atoms with van der Waals surface area (Å²) in [7, 11) is 0. The van der Waals surface area contributed by atoms with Gasteiger partial charge in [-0.05, 0) is 85.7 Å². The first-order valence-corrected chi connectivity index (χ1v) is 7.72. The molecule has 2 heteroatoms. The topological polar surface area (TPSA) is 0 Å². The second-order valence-corrected chi connectivity index (χ2v) is 6.37. The lowest BCUT2D eigenvalue weighted by molar-refractivity contribution is 0.626. The van der Waals surface area contributed by atoms with E-state index >= 15 is 0 Å². The van der Waals surface area contributed by atoms with Crippen molar-refractivity contribution in [3.63, 3.8) is 0 Å². The van der Waals surface area contributed by atoms with Crippen molar-refractivity contribution in [3.8, 4) is 0 Å². The minimum atomic E-state index is -0.192. The molecule has 1 atom stereocenters. The average molecular weight is 335 g/mol. The minimum Gasteiger partial charge on any atom is -0.207 e. The van der Waals surface area contributed by atoms with Crippen molar-refractivity contribution in [2.24, 2.45) is 0 Å². The Balaban J connectivity index is 2.64. The summed E-state index contributed by atoms with van der Waals surface area (Å²) < 4.78 is 13.4. The van der Waals surface area contributed by atoms with Crippen molar-refractivity contribution in [2.45, 2.75) is 39.4 Å². The second-order valence-electron chi connectivity index (χ2n) is 5.46. The predicted octanol–water partition coefficient (Wildman–Crippen LogP) is 5.85. The molecule has 0 aliphatic carbocycles. The maximum absolute atomic E-state index is 13.4. The third-order valence-electron chi connectivity index (χ3n) is 4.45. The Labute approximate surface area is 129 Å². The molecule has 106 valence electrons. The van der Waals surface area contributed by atoms with E-state index in [2.05, 4.69) is 50.5 Å². The van der Waals surface area contributed by atoms with Crippen LogP contribution in [0.1, 0.15) is 43.8 Å². The number of halogens is 2. The SMILES string of the molecule is Cc1c(C)c(C)c(C(Br)c2cccc(F)c2)c(C)c1C. The van der Waals surface area contributed by atoms with E-state index in [0.717, 1.165) is 5.56 Å². The molecule has 2 aromatic carbocycles. The molecule has 20 heavy (non-hydrogen) atoms. The zero-order chi connectivity index (χ0) is 15.0. The van der Waals surface area contributed by atoms with E-state index in [-0.39, 0.29) is 10.6 Å². The highest BCUT2D eigenvalue weighted by atomic mass is 79.9. The molecule has 0 N–H and O–H groups in total. The lowest BCUT2D eigenvalue weighted by atomic mass is 9.87. The Bertz CT molecular complexity index is 630. The normalized spacial score (nSPS) is 12.6. The molecule has 0 aliphatic heterocycles. The van der Waals surface area contributed by atoms with Crippen molar-refractivity contribution < 1.29 is 4.39 Å². The van der Waals surface area contributed by atoms with Crippen molar-refractivity contribution in [1.29, 1.82) is 0 Å². The van der Waals surface area contributed by atoms with Crippen LogP contribution in [-0.4, -0.2) is 0 Å². The van der Waals surface area contributed by atoms with Crippen LogP contribution in [0.15, 0.2) is 24.3 Å². The molecule has 0 nitrogen and oxygen atoms in total. The van der Waals surface area contributed by atoms with Crippen LogP contribution in [0, 0.1) is 40.4 Å². The van der Waals surface area contributed by atoms with Crippen LogP contribution >= 0.6 is 15.9 Å². The summed E-state index contributed by atoms with van der Waals surface area (Å²) in [6, 6.07) is 6.81. The fourth-order valence-electron chi connectivity index (χ4n) is 2.74. The maximum Gasteiger partial charge on any atom is 0.123 e. The van der Waals surface area contributed by atoms with Gasteiger partial charge in [0.2, 0.25) is 0 Å². The second kappa shape index (κ2) is 5.69. The standard InChI is InChI=1S/C18H20BrF/c1-10-11(2)13(4)17(14(5)12(10)3)18(19)15-7-6-8-16(20)9-15/h6-9,18H,1-5H3. The number of benzene rings is 2. The van der Waals surface area contributed by atoms with Crippen LogP contribution in [0.25, 0.3) is 0 Å². The molecular formula is C18H20BrF. The molecule has 2 rings (SSSR count). The van der Waals surface area contributed by atoms with Gasteiger partial charge in [-0.15, -0.1) is 0 Å². The number of alkyl halides is 1. The first-order chi connectivity index (χ1) is 9.34. The van der Waals surface area contributed by atoms with E-state index in [1.54, 1.807) is 12.1 Å². The molecule has 0 saturated heterocycles. The molecule has 1 unspecified atom stereocenters. The molecule has 0 amide bonds. The monoisotopic (exact) mass is 334 g/mol. The molecule has 0 aromatic heterocycles. The van der Waals surface area contributed by atoms with Gasteiger partial charge in [0.15, 0.2) is 0 Å². The Morgan fingerprint density at radius 3 is 1.85 bits per heavy atom. The van der Waals surface area contributed by atoms with Gasteiger partial charge in [0, 0.05) is 0 Å². The fourth-order valence-corrected chi connectivity index (χ4v) is 3.71. The Morgan fingerprint density at radius 1 is 0.850 bits per heavy atom. The van der Waals surface area contributed by atoms with Crippen molar-refractivity contribution >= 4 is 15.9 Å². The molecular weight excluding hydrogens is 315 g/mol. The van der Waals surface area contributed by atoms with E-state index in [1.165, 1.54) is 39.4 Å². The van der Waals surface area contributed by atoms with Gasteiger partial charge in [-0.3, -0.25) is 0 Å². The Morgan fingerprint density at radius 2 is 1.35 bits per heavy atom. The molecule has 0 fully saturated rings. The zero-order valence-electron chi connectivity index (χ0n) is 12.6. The van der Waals surface area contributed by atoms with Crippen LogP contribution in [-0.2, 0) is 0 Å². The smallest absolute Gasteiger partial charge is 0.123 e. The number of hydrogen-bond donors (Lipinski definition) is 0. The van der Waals surface area contributed by atoms with Crippen molar-refractivity contribution in [1.82, 2.24) is 0 Å². The minimum absolute atomic E-state index is 0.0243. The summed E-state index contributed by atoms with van der Waals surface area (Å²) in [4.78, 5) is 0.0243. The van der Waals surface area contributed by atoms with Crippen molar-refractivity contribution in [2.75, 3.05) is 0 Å². The maximum atomic E-state index is 13.4. The summed E-state index contributed by atoms with van der Waals surface area (Å²) in [6.45, 7) is 10.8. The highest BCUT2D eigenvalue weighted by Crippen LogP contribution is 2.38. The molecule has 0 spiro atoms. The van der Waals surface area contributed by atoms with E-state index in [0.29, 0.717) is 0 Å². The Hall–Kier alpha value is -1.15. The molecule has 0 radical (unpaired) electrons. The average Bonchev–Trinajstić information content (AvgIpc) is 2.43. The summed E-state index contributed by atoms with van der Waals surface area (Å²) in [5.41, 5.74) is 8.79. The third kappa shape index (κ3) is 2.54. The summed E-state index contributed by atoms with van der Waals surface area (Å²) in [5.74, 6) is -0.192. The van der Waals surface area contributed by atoms with Crippen LogP contribution in [0.5, 0.6) is 0 Å². The highest BCUT2D eigenvalue weighted by molar-refractivity contribution is 9.09. The van der Waals surface area contributed by atoms with Gasteiger partial charge in [0.05, 0.1) is 4.83 Å².